The first-order chi connectivity index (χ1) is 7.99. The molecule has 0 spiro atoms. The van der Waals surface area contributed by atoms with Crippen LogP contribution in [0.4, 0.5) is 0 Å². The van der Waals surface area contributed by atoms with Gasteiger partial charge in [0.2, 0.25) is 0 Å². The molecule has 1 rings (SSSR count). The smallest absolute Gasteiger partial charge is 0.137 e. The fraction of sp³-hybridized carbons (Fsp3) is 0.538. The van der Waals surface area contributed by atoms with Gasteiger partial charge in [0.05, 0.1) is 11.1 Å². The monoisotopic (exact) mass is 364 g/mol. The first-order valence-electron chi connectivity index (χ1n) is 5.76. The zero-order valence-corrected chi connectivity index (χ0v) is 13.5. The van der Waals surface area contributed by atoms with E-state index in [1.807, 2.05) is 13.0 Å². The van der Waals surface area contributed by atoms with Gasteiger partial charge in [-0.15, -0.1) is 0 Å². The molecule has 1 N–H and O–H groups in total. The molecule has 0 aromatic heterocycles. The Bertz CT molecular complexity index is 380. The highest BCUT2D eigenvalue weighted by atomic mass is 79.9. The average molecular weight is 366 g/mol. The Labute approximate surface area is 120 Å². The van der Waals surface area contributed by atoms with Gasteiger partial charge in [-0.1, -0.05) is 29.8 Å². The summed E-state index contributed by atoms with van der Waals surface area (Å²) in [5.41, 5.74) is 1.16. The molecule has 0 radical (unpaired) electrons. The molecule has 4 heteroatoms. The minimum Gasteiger partial charge on any atom is -0.487 e. The summed E-state index contributed by atoms with van der Waals surface area (Å²) >= 11 is 7.01. The molecular formula is C13H18Br2O2. The first kappa shape index (κ1) is 15.0. The Kier molecular flexibility index (Phi) is 5.97. The minimum absolute atomic E-state index is 0.0163. The zero-order chi connectivity index (χ0) is 13.0. The maximum Gasteiger partial charge on any atom is 0.137 e. The lowest BCUT2D eigenvalue weighted by Gasteiger charge is -2.20. The number of hydrogen-bond donors (Lipinski definition) is 1. The van der Waals surface area contributed by atoms with Gasteiger partial charge < -0.3 is 9.84 Å². The van der Waals surface area contributed by atoms with Gasteiger partial charge in [0.25, 0.3) is 0 Å². The number of aliphatic hydroxyl groups excluding tert-OH is 1. The third kappa shape index (κ3) is 3.97. The van der Waals surface area contributed by atoms with E-state index in [1.54, 1.807) is 0 Å². The summed E-state index contributed by atoms with van der Waals surface area (Å²) in [6.07, 6.45) is 0.850. The molecule has 1 aromatic carbocycles. The average Bonchev–Trinajstić information content (AvgIpc) is 2.30. The molecule has 2 atom stereocenters. The Balaban J connectivity index is 3.15. The van der Waals surface area contributed by atoms with E-state index in [9.17, 15) is 0 Å². The van der Waals surface area contributed by atoms with Crippen molar-refractivity contribution in [2.45, 2.75) is 39.2 Å². The summed E-state index contributed by atoms with van der Waals surface area (Å²) in [6.45, 7) is 6.20. The van der Waals surface area contributed by atoms with Crippen LogP contribution in [0.2, 0.25) is 0 Å². The van der Waals surface area contributed by atoms with E-state index in [4.69, 9.17) is 9.84 Å². The lowest BCUT2D eigenvalue weighted by molar-refractivity contribution is 0.127. The number of aliphatic hydroxyl groups is 1. The fourth-order valence-electron chi connectivity index (χ4n) is 1.53. The molecule has 0 aliphatic heterocycles. The molecule has 0 saturated carbocycles. The van der Waals surface area contributed by atoms with E-state index in [0.29, 0.717) is 5.92 Å². The van der Waals surface area contributed by atoms with Crippen LogP contribution in [-0.4, -0.2) is 17.8 Å². The van der Waals surface area contributed by atoms with Crippen molar-refractivity contribution in [3.63, 3.8) is 0 Å². The van der Waals surface area contributed by atoms with Crippen LogP contribution < -0.4 is 4.74 Å². The number of hydrogen-bond acceptors (Lipinski definition) is 2. The molecule has 0 aliphatic rings. The van der Waals surface area contributed by atoms with Crippen molar-refractivity contribution in [2.24, 2.45) is 0 Å². The van der Waals surface area contributed by atoms with Crippen molar-refractivity contribution in [1.29, 1.82) is 0 Å². The van der Waals surface area contributed by atoms with Crippen LogP contribution in [0.1, 0.15) is 38.7 Å². The van der Waals surface area contributed by atoms with Crippen molar-refractivity contribution in [1.82, 2.24) is 0 Å². The highest BCUT2D eigenvalue weighted by Crippen LogP contribution is 2.38. The van der Waals surface area contributed by atoms with Crippen LogP contribution >= 0.6 is 31.9 Å². The molecule has 2 unspecified atom stereocenters. The highest BCUT2D eigenvalue weighted by molar-refractivity contribution is 9.11. The predicted molar refractivity (Wildman–Crippen MR) is 77.7 cm³/mol. The zero-order valence-electron chi connectivity index (χ0n) is 10.3. The van der Waals surface area contributed by atoms with Crippen molar-refractivity contribution in [3.05, 3.63) is 26.6 Å². The van der Waals surface area contributed by atoms with E-state index in [0.717, 1.165) is 26.7 Å². The standard InChI is InChI=1S/C13H18Br2O2/c1-4-8(2)11-5-10(14)6-12(15)13(11)17-9(3)7-16/h5-6,8-9,16H,4,7H2,1-3H3. The van der Waals surface area contributed by atoms with Crippen LogP contribution in [-0.2, 0) is 0 Å². The maximum absolute atomic E-state index is 9.08. The second-order valence-electron chi connectivity index (χ2n) is 4.23. The molecule has 0 saturated heterocycles. The summed E-state index contributed by atoms with van der Waals surface area (Å²) in [7, 11) is 0. The predicted octanol–water partition coefficient (Wildman–Crippen LogP) is 4.48. The molecule has 0 heterocycles. The van der Waals surface area contributed by atoms with Gasteiger partial charge in [-0.25, -0.2) is 0 Å². The van der Waals surface area contributed by atoms with E-state index in [2.05, 4.69) is 51.8 Å². The van der Waals surface area contributed by atoms with E-state index in [-0.39, 0.29) is 12.7 Å². The largest absolute Gasteiger partial charge is 0.487 e. The summed E-state index contributed by atoms with van der Waals surface area (Å²) in [5, 5.41) is 9.08. The Morgan fingerprint density at radius 2 is 1.94 bits per heavy atom. The van der Waals surface area contributed by atoms with E-state index in [1.165, 1.54) is 0 Å². The van der Waals surface area contributed by atoms with Crippen molar-refractivity contribution in [2.75, 3.05) is 6.61 Å². The molecule has 96 valence electrons. The van der Waals surface area contributed by atoms with Crippen molar-refractivity contribution in [3.8, 4) is 5.75 Å². The molecule has 1 aromatic rings. The molecule has 0 aliphatic carbocycles. The summed E-state index contributed by atoms with van der Waals surface area (Å²) in [5.74, 6) is 1.26. The van der Waals surface area contributed by atoms with Crippen LogP contribution in [0.15, 0.2) is 21.1 Å². The van der Waals surface area contributed by atoms with Crippen LogP contribution in [0.3, 0.4) is 0 Å². The highest BCUT2D eigenvalue weighted by Gasteiger charge is 2.16. The molecule has 0 amide bonds. The topological polar surface area (TPSA) is 29.5 Å². The Morgan fingerprint density at radius 1 is 1.29 bits per heavy atom. The number of benzene rings is 1. The SMILES string of the molecule is CCC(C)c1cc(Br)cc(Br)c1OC(C)CO. The van der Waals surface area contributed by atoms with Crippen molar-refractivity contribution < 1.29 is 9.84 Å². The van der Waals surface area contributed by atoms with Gasteiger partial charge in [0, 0.05) is 4.47 Å². The van der Waals surface area contributed by atoms with Gasteiger partial charge in [-0.2, -0.15) is 0 Å². The lowest BCUT2D eigenvalue weighted by atomic mass is 9.98. The second kappa shape index (κ2) is 6.76. The van der Waals surface area contributed by atoms with Gasteiger partial charge in [-0.3, -0.25) is 0 Å². The van der Waals surface area contributed by atoms with Gasteiger partial charge in [0.15, 0.2) is 0 Å². The molecule has 0 bridgehead atoms. The fourth-order valence-corrected chi connectivity index (χ4v) is 2.88. The number of rotatable bonds is 5. The maximum atomic E-state index is 9.08. The van der Waals surface area contributed by atoms with Gasteiger partial charge in [-0.05, 0) is 52.9 Å². The normalized spacial score (nSPS) is 14.5. The Morgan fingerprint density at radius 3 is 2.47 bits per heavy atom. The third-order valence-corrected chi connectivity index (χ3v) is 3.80. The quantitative estimate of drug-likeness (QED) is 0.833. The summed E-state index contributed by atoms with van der Waals surface area (Å²) in [4.78, 5) is 0. The first-order valence-corrected chi connectivity index (χ1v) is 7.34. The Hall–Kier alpha value is -0.0600. The second-order valence-corrected chi connectivity index (χ2v) is 6.00. The lowest BCUT2D eigenvalue weighted by Crippen LogP contribution is -2.17. The summed E-state index contributed by atoms with van der Waals surface area (Å²) < 4.78 is 7.74. The van der Waals surface area contributed by atoms with Crippen LogP contribution in [0.25, 0.3) is 0 Å². The van der Waals surface area contributed by atoms with Crippen molar-refractivity contribution >= 4 is 31.9 Å². The molecule has 2 nitrogen and oxygen atoms in total. The molecular weight excluding hydrogens is 348 g/mol. The third-order valence-electron chi connectivity index (χ3n) is 2.76. The molecule has 17 heavy (non-hydrogen) atoms. The minimum atomic E-state index is -0.199. The van der Waals surface area contributed by atoms with E-state index >= 15 is 0 Å². The number of halogens is 2. The van der Waals surface area contributed by atoms with E-state index < -0.39 is 0 Å². The number of ether oxygens (including phenoxy) is 1. The van der Waals surface area contributed by atoms with Gasteiger partial charge >= 0.3 is 0 Å². The summed E-state index contributed by atoms with van der Waals surface area (Å²) in [6, 6.07) is 4.05. The van der Waals surface area contributed by atoms with Crippen LogP contribution in [0.5, 0.6) is 5.75 Å². The molecule has 0 fully saturated rings. The van der Waals surface area contributed by atoms with Crippen LogP contribution in [0, 0.1) is 0 Å². The van der Waals surface area contributed by atoms with Gasteiger partial charge in [0.1, 0.15) is 11.9 Å².